The number of benzene rings is 1. The van der Waals surface area contributed by atoms with Crippen LogP contribution in [0.4, 0.5) is 0 Å². The van der Waals surface area contributed by atoms with Crippen molar-refractivity contribution in [2.75, 3.05) is 7.11 Å². The lowest BCUT2D eigenvalue weighted by molar-refractivity contribution is 0.218. The Hall–Kier alpha value is -1.50. The highest BCUT2D eigenvalue weighted by molar-refractivity contribution is 5.75. The predicted molar refractivity (Wildman–Crippen MR) is 122 cm³/mol. The molecule has 1 atom stereocenters. The first kappa shape index (κ1) is 21.2. The second kappa shape index (κ2) is 11.5. The van der Waals surface area contributed by atoms with E-state index in [-0.39, 0.29) is 0 Å². The van der Waals surface area contributed by atoms with Crippen molar-refractivity contribution in [2.45, 2.75) is 84.0 Å². The van der Waals surface area contributed by atoms with Gasteiger partial charge in [0.05, 0.1) is 7.11 Å². The van der Waals surface area contributed by atoms with Gasteiger partial charge in [-0.1, -0.05) is 95.1 Å². The molecule has 0 aromatic heterocycles. The molecule has 154 valence electrons. The molecule has 1 saturated carbocycles. The van der Waals surface area contributed by atoms with Crippen molar-refractivity contribution in [2.24, 2.45) is 17.8 Å². The first-order valence-corrected chi connectivity index (χ1v) is 11.8. The fourth-order valence-corrected chi connectivity index (χ4v) is 5.10. The van der Waals surface area contributed by atoms with Crippen molar-refractivity contribution < 1.29 is 4.74 Å². The second-order valence-electron chi connectivity index (χ2n) is 8.98. The van der Waals surface area contributed by atoms with Crippen LogP contribution in [0, 0.1) is 17.8 Å². The van der Waals surface area contributed by atoms with Gasteiger partial charge < -0.3 is 4.74 Å². The number of hydrogen-bond acceptors (Lipinski definition) is 1. The van der Waals surface area contributed by atoms with Crippen molar-refractivity contribution >= 4 is 5.57 Å². The van der Waals surface area contributed by atoms with E-state index in [2.05, 4.69) is 49.4 Å². The van der Waals surface area contributed by atoms with Crippen molar-refractivity contribution in [1.82, 2.24) is 0 Å². The molecule has 1 aromatic rings. The van der Waals surface area contributed by atoms with Gasteiger partial charge in [0.15, 0.2) is 0 Å². The first-order chi connectivity index (χ1) is 13.8. The minimum Gasteiger partial charge on any atom is -0.497 e. The summed E-state index contributed by atoms with van der Waals surface area (Å²) in [5.74, 6) is 3.61. The van der Waals surface area contributed by atoms with E-state index in [1.54, 1.807) is 7.11 Å². The molecule has 1 heteroatoms. The largest absolute Gasteiger partial charge is 0.497 e. The lowest BCUT2D eigenvalue weighted by Crippen LogP contribution is -2.21. The number of rotatable bonds is 10. The van der Waals surface area contributed by atoms with Crippen LogP contribution < -0.4 is 4.74 Å². The van der Waals surface area contributed by atoms with Crippen LogP contribution in [0.2, 0.25) is 0 Å². The summed E-state index contributed by atoms with van der Waals surface area (Å²) in [5, 5.41) is 0. The van der Waals surface area contributed by atoms with Crippen molar-refractivity contribution in [1.29, 1.82) is 0 Å². The van der Waals surface area contributed by atoms with Gasteiger partial charge in [-0.25, -0.2) is 0 Å². The molecule has 0 amide bonds. The quantitative estimate of drug-likeness (QED) is 0.371. The molecule has 1 aromatic carbocycles. The van der Waals surface area contributed by atoms with Gasteiger partial charge in [-0.2, -0.15) is 0 Å². The molecular weight excluding hydrogens is 340 g/mol. The number of unbranched alkanes of at least 4 members (excludes halogenated alkanes) is 5. The van der Waals surface area contributed by atoms with Gasteiger partial charge in [-0.3, -0.25) is 0 Å². The summed E-state index contributed by atoms with van der Waals surface area (Å²) in [5.41, 5.74) is 2.67. The minimum absolute atomic E-state index is 0.761. The Bertz CT molecular complexity index is 616. The molecule has 0 spiro atoms. The highest BCUT2D eigenvalue weighted by Crippen LogP contribution is 2.39. The molecule has 0 saturated heterocycles. The fraction of sp³-hybridized carbons (Fsp3) is 0.630. The standard InChI is InChI=1S/C27H40O/c1-3-4-5-6-7-8-9-22-10-12-23(13-11-22)24-14-16-25(17-15-24)26-18-20-27(28-2)21-19-26/h14,16-24H,3-13,15H2,1-2H3. The third-order valence-corrected chi connectivity index (χ3v) is 7.02. The molecule has 2 aliphatic rings. The van der Waals surface area contributed by atoms with Crippen molar-refractivity contribution in [3.8, 4) is 5.75 Å². The third kappa shape index (κ3) is 6.26. The van der Waals surface area contributed by atoms with E-state index in [1.165, 1.54) is 88.2 Å². The molecule has 3 rings (SSSR count). The van der Waals surface area contributed by atoms with Crippen LogP contribution in [0.5, 0.6) is 5.75 Å². The zero-order valence-corrected chi connectivity index (χ0v) is 18.2. The Kier molecular flexibility index (Phi) is 8.70. The third-order valence-electron chi connectivity index (χ3n) is 7.02. The van der Waals surface area contributed by atoms with Crippen LogP contribution in [0.3, 0.4) is 0 Å². The molecule has 2 aliphatic carbocycles. The summed E-state index contributed by atoms with van der Waals surface area (Å²) in [6.07, 6.45) is 24.5. The second-order valence-corrected chi connectivity index (χ2v) is 8.98. The summed E-state index contributed by atoms with van der Waals surface area (Å²) >= 11 is 0. The Morgan fingerprint density at radius 3 is 2.25 bits per heavy atom. The van der Waals surface area contributed by atoms with Gasteiger partial charge in [0.1, 0.15) is 5.75 Å². The predicted octanol–water partition coefficient (Wildman–Crippen LogP) is 8.21. The van der Waals surface area contributed by atoms with Crippen molar-refractivity contribution in [3.63, 3.8) is 0 Å². The van der Waals surface area contributed by atoms with Crippen LogP contribution in [0.1, 0.15) is 89.5 Å². The fourth-order valence-electron chi connectivity index (χ4n) is 5.10. The lowest BCUT2D eigenvalue weighted by atomic mass is 9.72. The summed E-state index contributed by atoms with van der Waals surface area (Å²) in [7, 11) is 1.72. The Labute approximate surface area is 173 Å². The normalized spacial score (nSPS) is 24.8. The van der Waals surface area contributed by atoms with E-state index in [9.17, 15) is 0 Å². The van der Waals surface area contributed by atoms with Crippen LogP contribution in [0.15, 0.2) is 42.5 Å². The molecule has 1 nitrogen and oxygen atoms in total. The summed E-state index contributed by atoms with van der Waals surface area (Å²) in [4.78, 5) is 0. The highest BCUT2D eigenvalue weighted by Gasteiger charge is 2.26. The first-order valence-electron chi connectivity index (χ1n) is 11.8. The monoisotopic (exact) mass is 380 g/mol. The summed E-state index contributed by atoms with van der Waals surface area (Å²) in [6.45, 7) is 2.30. The number of ether oxygens (including phenoxy) is 1. The van der Waals surface area contributed by atoms with Gasteiger partial charge in [-0.05, 0) is 60.3 Å². The van der Waals surface area contributed by atoms with E-state index in [1.807, 2.05) is 0 Å². The summed E-state index contributed by atoms with van der Waals surface area (Å²) in [6, 6.07) is 8.45. The average Bonchev–Trinajstić information content (AvgIpc) is 2.77. The van der Waals surface area contributed by atoms with Gasteiger partial charge in [0, 0.05) is 0 Å². The number of allylic oxidation sites excluding steroid dienone is 4. The zero-order chi connectivity index (χ0) is 19.6. The smallest absolute Gasteiger partial charge is 0.118 e. The van der Waals surface area contributed by atoms with Gasteiger partial charge >= 0.3 is 0 Å². The minimum atomic E-state index is 0.761. The molecule has 0 radical (unpaired) electrons. The van der Waals surface area contributed by atoms with Crippen LogP contribution in [-0.2, 0) is 0 Å². The van der Waals surface area contributed by atoms with E-state index < -0.39 is 0 Å². The lowest BCUT2D eigenvalue weighted by Gasteiger charge is -2.33. The maximum absolute atomic E-state index is 5.27. The van der Waals surface area contributed by atoms with Gasteiger partial charge in [0.25, 0.3) is 0 Å². The van der Waals surface area contributed by atoms with Crippen LogP contribution >= 0.6 is 0 Å². The molecule has 0 bridgehead atoms. The van der Waals surface area contributed by atoms with Crippen LogP contribution in [0.25, 0.3) is 5.57 Å². The molecule has 0 N–H and O–H groups in total. The van der Waals surface area contributed by atoms with E-state index >= 15 is 0 Å². The molecular formula is C27H40O. The van der Waals surface area contributed by atoms with E-state index in [0.29, 0.717) is 0 Å². The Morgan fingerprint density at radius 2 is 1.61 bits per heavy atom. The zero-order valence-electron chi connectivity index (χ0n) is 18.2. The summed E-state index contributed by atoms with van der Waals surface area (Å²) < 4.78 is 5.27. The molecule has 1 unspecified atom stereocenters. The van der Waals surface area contributed by atoms with E-state index in [0.717, 1.165) is 23.5 Å². The highest BCUT2D eigenvalue weighted by atomic mass is 16.5. The van der Waals surface area contributed by atoms with Gasteiger partial charge in [0.2, 0.25) is 0 Å². The van der Waals surface area contributed by atoms with Crippen LogP contribution in [-0.4, -0.2) is 7.11 Å². The topological polar surface area (TPSA) is 9.23 Å². The van der Waals surface area contributed by atoms with Crippen molar-refractivity contribution in [3.05, 3.63) is 48.1 Å². The number of hydrogen-bond donors (Lipinski definition) is 0. The maximum Gasteiger partial charge on any atom is 0.118 e. The number of methoxy groups -OCH3 is 1. The SMILES string of the molecule is CCCCCCCCC1CCC(C2C=CC(c3ccc(OC)cc3)=CC2)CC1. The Balaban J connectivity index is 1.37. The molecule has 0 aliphatic heterocycles. The molecule has 0 heterocycles. The van der Waals surface area contributed by atoms with Gasteiger partial charge in [-0.15, -0.1) is 0 Å². The molecule has 28 heavy (non-hydrogen) atoms. The van der Waals surface area contributed by atoms with E-state index in [4.69, 9.17) is 4.74 Å². The maximum atomic E-state index is 5.27. The molecule has 1 fully saturated rings. The average molecular weight is 381 g/mol. The Morgan fingerprint density at radius 1 is 0.893 bits per heavy atom.